The summed E-state index contributed by atoms with van der Waals surface area (Å²) in [6.07, 6.45) is 3.96. The van der Waals surface area contributed by atoms with E-state index in [9.17, 15) is 0 Å². The first kappa shape index (κ1) is 16.5. The highest BCUT2D eigenvalue weighted by Gasteiger charge is 2.05. The van der Waals surface area contributed by atoms with Gasteiger partial charge in [0, 0.05) is 5.39 Å². The maximum Gasteiger partial charge on any atom is 0.220 e. The van der Waals surface area contributed by atoms with Crippen LogP contribution in [0.1, 0.15) is 25.0 Å². The van der Waals surface area contributed by atoms with Gasteiger partial charge in [-0.3, -0.25) is 0 Å². The number of halogens is 1. The third kappa shape index (κ3) is 4.15. The molecule has 0 spiro atoms. The second-order valence-corrected chi connectivity index (χ2v) is 6.04. The largest absolute Gasteiger partial charge is 0.492 e. The monoisotopic (exact) mass is 341 g/mol. The first-order chi connectivity index (χ1) is 11.7. The van der Waals surface area contributed by atoms with Crippen LogP contribution in [-0.4, -0.2) is 16.6 Å². The Morgan fingerprint density at radius 2 is 1.71 bits per heavy atom. The van der Waals surface area contributed by atoms with Gasteiger partial charge < -0.3 is 10.5 Å². The lowest BCUT2D eigenvalue weighted by Gasteiger charge is -2.08. The quantitative estimate of drug-likeness (QED) is 0.635. The summed E-state index contributed by atoms with van der Waals surface area (Å²) in [5, 5.41) is 1.74. The number of aromatic nitrogens is 2. The molecule has 0 radical (unpaired) electrons. The number of nitrogens with two attached hydrogens (primary N) is 1. The molecular formula is C19H20ClN3O. The molecule has 0 saturated heterocycles. The lowest BCUT2D eigenvalue weighted by molar-refractivity contribution is 0.305. The zero-order valence-corrected chi connectivity index (χ0v) is 14.2. The third-order valence-corrected chi connectivity index (χ3v) is 4.16. The van der Waals surface area contributed by atoms with Crippen molar-refractivity contribution >= 4 is 28.5 Å². The smallest absolute Gasteiger partial charge is 0.220 e. The number of rotatable bonds is 7. The van der Waals surface area contributed by atoms with E-state index < -0.39 is 0 Å². The van der Waals surface area contributed by atoms with Crippen LogP contribution in [0.4, 0.5) is 5.95 Å². The van der Waals surface area contributed by atoms with Crippen molar-refractivity contribution in [3.05, 3.63) is 59.2 Å². The van der Waals surface area contributed by atoms with Gasteiger partial charge in [-0.05, 0) is 43.9 Å². The summed E-state index contributed by atoms with van der Waals surface area (Å²) in [5.41, 5.74) is 7.72. The van der Waals surface area contributed by atoms with Crippen molar-refractivity contribution in [1.29, 1.82) is 0 Å². The molecule has 1 heterocycles. The van der Waals surface area contributed by atoms with Gasteiger partial charge in [-0.15, -0.1) is 0 Å². The highest BCUT2D eigenvalue weighted by molar-refractivity contribution is 6.32. The van der Waals surface area contributed by atoms with Gasteiger partial charge in [0.05, 0.1) is 22.8 Å². The molecule has 0 aliphatic carbocycles. The number of para-hydroxylation sites is 2. The topological polar surface area (TPSA) is 61.0 Å². The van der Waals surface area contributed by atoms with Crippen LogP contribution in [0.15, 0.2) is 48.5 Å². The van der Waals surface area contributed by atoms with Crippen LogP contribution in [0.2, 0.25) is 5.02 Å². The van der Waals surface area contributed by atoms with Gasteiger partial charge in [-0.1, -0.05) is 41.9 Å². The summed E-state index contributed by atoms with van der Waals surface area (Å²) in [4.78, 5) is 8.67. The lowest BCUT2D eigenvalue weighted by atomic mass is 10.1. The molecule has 24 heavy (non-hydrogen) atoms. The predicted octanol–water partition coefficient (Wildman–Crippen LogP) is 4.66. The fourth-order valence-electron chi connectivity index (χ4n) is 2.67. The maximum absolute atomic E-state index is 6.06. The minimum absolute atomic E-state index is 0.339. The number of nitrogen functional groups attached to an aromatic ring is 1. The van der Waals surface area contributed by atoms with Gasteiger partial charge in [-0.2, -0.15) is 0 Å². The van der Waals surface area contributed by atoms with E-state index in [-0.39, 0.29) is 0 Å². The Kier molecular flexibility index (Phi) is 5.49. The molecule has 0 aliphatic heterocycles. The highest BCUT2D eigenvalue weighted by atomic mass is 35.5. The van der Waals surface area contributed by atoms with Crippen LogP contribution in [-0.2, 0) is 6.42 Å². The Morgan fingerprint density at radius 1 is 0.917 bits per heavy atom. The van der Waals surface area contributed by atoms with Crippen molar-refractivity contribution in [3.8, 4) is 5.75 Å². The molecule has 3 rings (SSSR count). The van der Waals surface area contributed by atoms with E-state index in [1.54, 1.807) is 0 Å². The van der Waals surface area contributed by atoms with Crippen LogP contribution in [0.5, 0.6) is 5.75 Å². The van der Waals surface area contributed by atoms with E-state index in [2.05, 4.69) is 9.97 Å². The minimum atomic E-state index is 0.339. The second kappa shape index (κ2) is 7.97. The van der Waals surface area contributed by atoms with E-state index in [1.165, 1.54) is 0 Å². The van der Waals surface area contributed by atoms with Crippen molar-refractivity contribution in [3.63, 3.8) is 0 Å². The zero-order chi connectivity index (χ0) is 16.8. The number of nitrogens with zero attached hydrogens (tertiary/aromatic N) is 2. The van der Waals surface area contributed by atoms with Crippen molar-refractivity contribution < 1.29 is 4.74 Å². The summed E-state index contributed by atoms with van der Waals surface area (Å²) in [5.74, 6) is 1.08. The normalized spacial score (nSPS) is 10.9. The summed E-state index contributed by atoms with van der Waals surface area (Å²) in [6.45, 7) is 0.663. The maximum atomic E-state index is 6.06. The predicted molar refractivity (Wildman–Crippen MR) is 98.5 cm³/mol. The average Bonchev–Trinajstić information content (AvgIpc) is 2.59. The van der Waals surface area contributed by atoms with Gasteiger partial charge >= 0.3 is 0 Å². The SMILES string of the molecule is Nc1nc(CCCCCOc2ccccc2Cl)c2ccccc2n1. The highest BCUT2D eigenvalue weighted by Crippen LogP contribution is 2.23. The van der Waals surface area contributed by atoms with Crippen molar-refractivity contribution in [1.82, 2.24) is 9.97 Å². The second-order valence-electron chi connectivity index (χ2n) is 5.64. The van der Waals surface area contributed by atoms with Crippen LogP contribution < -0.4 is 10.5 Å². The van der Waals surface area contributed by atoms with Gasteiger partial charge in [0.15, 0.2) is 0 Å². The number of hydrogen-bond acceptors (Lipinski definition) is 4. The number of ether oxygens (including phenoxy) is 1. The third-order valence-electron chi connectivity index (χ3n) is 3.85. The molecule has 5 heteroatoms. The molecule has 4 nitrogen and oxygen atoms in total. The molecular weight excluding hydrogens is 322 g/mol. The van der Waals surface area contributed by atoms with E-state index in [0.717, 1.165) is 48.0 Å². The zero-order valence-electron chi connectivity index (χ0n) is 13.4. The van der Waals surface area contributed by atoms with E-state index in [1.807, 2.05) is 48.5 Å². The summed E-state index contributed by atoms with van der Waals surface area (Å²) in [6, 6.07) is 15.5. The number of unbranched alkanes of at least 4 members (excludes halogenated alkanes) is 2. The lowest BCUT2D eigenvalue weighted by Crippen LogP contribution is -2.02. The Balaban J connectivity index is 1.48. The van der Waals surface area contributed by atoms with Crippen molar-refractivity contribution in [2.75, 3.05) is 12.3 Å². The Labute approximate surface area is 146 Å². The molecule has 0 fully saturated rings. The molecule has 2 aromatic carbocycles. The molecule has 0 bridgehead atoms. The molecule has 2 N–H and O–H groups in total. The minimum Gasteiger partial charge on any atom is -0.492 e. The van der Waals surface area contributed by atoms with E-state index >= 15 is 0 Å². The van der Waals surface area contributed by atoms with Gasteiger partial charge in [0.1, 0.15) is 5.75 Å². The molecule has 0 unspecified atom stereocenters. The number of fused-ring (bicyclic) bond motifs is 1. The standard InChI is InChI=1S/C19H20ClN3O/c20-15-9-4-6-12-18(15)24-13-7-1-2-10-16-14-8-3-5-11-17(14)23-19(21)22-16/h3-6,8-9,11-12H,1-2,7,10,13H2,(H2,21,22,23). The van der Waals surface area contributed by atoms with Crippen LogP contribution in [0, 0.1) is 0 Å². The van der Waals surface area contributed by atoms with Crippen LogP contribution >= 0.6 is 11.6 Å². The fourth-order valence-corrected chi connectivity index (χ4v) is 2.86. The molecule has 1 aromatic heterocycles. The van der Waals surface area contributed by atoms with Crippen LogP contribution in [0.25, 0.3) is 10.9 Å². The first-order valence-corrected chi connectivity index (χ1v) is 8.50. The van der Waals surface area contributed by atoms with Gasteiger partial charge in [0.2, 0.25) is 5.95 Å². The molecule has 0 saturated carbocycles. The molecule has 3 aromatic rings. The number of benzene rings is 2. The first-order valence-electron chi connectivity index (χ1n) is 8.12. The molecule has 0 aliphatic rings. The Hall–Kier alpha value is -2.33. The Morgan fingerprint density at radius 3 is 2.58 bits per heavy atom. The van der Waals surface area contributed by atoms with E-state index in [0.29, 0.717) is 17.6 Å². The van der Waals surface area contributed by atoms with Crippen molar-refractivity contribution in [2.24, 2.45) is 0 Å². The average molecular weight is 342 g/mol. The number of aryl methyl sites for hydroxylation is 1. The molecule has 124 valence electrons. The summed E-state index contributed by atoms with van der Waals surface area (Å²) < 4.78 is 5.70. The molecule has 0 atom stereocenters. The van der Waals surface area contributed by atoms with Crippen molar-refractivity contribution in [2.45, 2.75) is 25.7 Å². The molecule has 0 amide bonds. The Bertz CT molecular complexity index is 823. The van der Waals surface area contributed by atoms with Gasteiger partial charge in [-0.25, -0.2) is 9.97 Å². The van der Waals surface area contributed by atoms with Crippen LogP contribution in [0.3, 0.4) is 0 Å². The number of anilines is 1. The fraction of sp³-hybridized carbons (Fsp3) is 0.263. The number of hydrogen-bond donors (Lipinski definition) is 1. The summed E-state index contributed by atoms with van der Waals surface area (Å²) >= 11 is 6.06. The summed E-state index contributed by atoms with van der Waals surface area (Å²) in [7, 11) is 0. The van der Waals surface area contributed by atoms with Gasteiger partial charge in [0.25, 0.3) is 0 Å². The van der Waals surface area contributed by atoms with E-state index in [4.69, 9.17) is 22.1 Å².